The summed E-state index contributed by atoms with van der Waals surface area (Å²) in [5.74, 6) is 1.70. The number of halogens is 4. The summed E-state index contributed by atoms with van der Waals surface area (Å²) in [7, 11) is 1.64. The Bertz CT molecular complexity index is 1000. The quantitative estimate of drug-likeness (QED) is 0.161. The van der Waals surface area contributed by atoms with Crippen molar-refractivity contribution in [1.29, 1.82) is 0 Å². The smallest absolute Gasteiger partial charge is 0.422 e. The summed E-state index contributed by atoms with van der Waals surface area (Å²) in [5.41, 5.74) is 3.42. The van der Waals surface area contributed by atoms with Crippen LogP contribution < -0.4 is 15.4 Å². The highest BCUT2D eigenvalue weighted by Crippen LogP contribution is 2.23. The number of hydrogen-bond donors (Lipinski definition) is 3. The third kappa shape index (κ3) is 7.88. The van der Waals surface area contributed by atoms with E-state index < -0.39 is 12.8 Å². The predicted octanol–water partition coefficient (Wildman–Crippen LogP) is 4.73. The normalized spacial score (nSPS) is 11.8. The molecule has 0 bridgehead atoms. The van der Waals surface area contributed by atoms with Crippen LogP contribution in [-0.2, 0) is 13.0 Å². The SMILES string of the molecule is CN=C(NCCCc1nc2ccccc2[nH]1)NCc1ccc(C)cc1OCC(F)(F)F.I. The van der Waals surface area contributed by atoms with Gasteiger partial charge in [0.25, 0.3) is 0 Å². The third-order valence-electron chi connectivity index (χ3n) is 4.61. The Kier molecular flexibility index (Phi) is 9.60. The zero-order valence-electron chi connectivity index (χ0n) is 17.9. The van der Waals surface area contributed by atoms with Crippen molar-refractivity contribution in [1.82, 2.24) is 20.6 Å². The molecule has 0 spiro atoms. The van der Waals surface area contributed by atoms with E-state index in [0.717, 1.165) is 35.3 Å². The molecule has 6 nitrogen and oxygen atoms in total. The van der Waals surface area contributed by atoms with Gasteiger partial charge in [0.1, 0.15) is 11.6 Å². The van der Waals surface area contributed by atoms with Gasteiger partial charge in [0.2, 0.25) is 0 Å². The number of benzene rings is 2. The average Bonchev–Trinajstić information content (AvgIpc) is 3.15. The lowest BCUT2D eigenvalue weighted by atomic mass is 10.1. The molecule has 3 aromatic rings. The number of aliphatic imine (C=N–C) groups is 1. The van der Waals surface area contributed by atoms with E-state index in [4.69, 9.17) is 4.74 Å². The van der Waals surface area contributed by atoms with Crippen LogP contribution in [0, 0.1) is 6.92 Å². The van der Waals surface area contributed by atoms with Crippen LogP contribution in [0.15, 0.2) is 47.5 Å². The van der Waals surface area contributed by atoms with Crippen molar-refractivity contribution in [3.63, 3.8) is 0 Å². The van der Waals surface area contributed by atoms with Crippen LogP contribution in [-0.4, -0.2) is 42.3 Å². The first kappa shape index (κ1) is 25.8. The molecule has 0 aliphatic heterocycles. The Hall–Kier alpha value is -2.50. The standard InChI is InChI=1S/C22H26F3N5O.HI/c1-15-9-10-16(19(12-15)31-14-22(23,24)25)13-28-21(26-2)27-11-5-8-20-29-17-6-3-4-7-18(17)30-20;/h3-4,6-7,9-10,12H,5,8,11,13-14H2,1-2H3,(H,29,30)(H2,26,27,28);1H. The fourth-order valence-corrected chi connectivity index (χ4v) is 3.09. The minimum atomic E-state index is -4.38. The molecule has 2 aromatic carbocycles. The van der Waals surface area contributed by atoms with Crippen LogP contribution in [0.25, 0.3) is 11.0 Å². The molecule has 174 valence electrons. The molecule has 3 N–H and O–H groups in total. The first-order chi connectivity index (χ1) is 14.8. The largest absolute Gasteiger partial charge is 0.484 e. The van der Waals surface area contributed by atoms with E-state index in [1.54, 1.807) is 26.1 Å². The Morgan fingerprint density at radius 1 is 1.16 bits per heavy atom. The second kappa shape index (κ2) is 11.9. The van der Waals surface area contributed by atoms with Gasteiger partial charge >= 0.3 is 6.18 Å². The van der Waals surface area contributed by atoms with Gasteiger partial charge in [-0.15, -0.1) is 24.0 Å². The van der Waals surface area contributed by atoms with E-state index in [1.807, 2.05) is 30.3 Å². The van der Waals surface area contributed by atoms with Crippen molar-refractivity contribution in [3.05, 3.63) is 59.4 Å². The molecule has 0 amide bonds. The summed E-state index contributed by atoms with van der Waals surface area (Å²) in [6, 6.07) is 13.1. The molecule has 10 heteroatoms. The lowest BCUT2D eigenvalue weighted by molar-refractivity contribution is -0.153. The van der Waals surface area contributed by atoms with Crippen LogP contribution in [0.3, 0.4) is 0 Å². The van der Waals surface area contributed by atoms with Crippen molar-refractivity contribution >= 4 is 41.0 Å². The topological polar surface area (TPSA) is 74.3 Å². The molecule has 0 saturated heterocycles. The van der Waals surface area contributed by atoms with E-state index in [-0.39, 0.29) is 36.3 Å². The molecule has 0 unspecified atom stereocenters. The summed E-state index contributed by atoms with van der Waals surface area (Å²) in [4.78, 5) is 12.0. The number of aromatic nitrogens is 2. The molecule has 0 aliphatic carbocycles. The Morgan fingerprint density at radius 2 is 1.94 bits per heavy atom. The number of H-pyrrole nitrogens is 1. The first-order valence-electron chi connectivity index (χ1n) is 10.0. The molecule has 32 heavy (non-hydrogen) atoms. The highest BCUT2D eigenvalue weighted by atomic mass is 127. The van der Waals surface area contributed by atoms with E-state index in [2.05, 4.69) is 25.6 Å². The van der Waals surface area contributed by atoms with Crippen LogP contribution in [0.2, 0.25) is 0 Å². The van der Waals surface area contributed by atoms with E-state index >= 15 is 0 Å². The van der Waals surface area contributed by atoms with Crippen molar-refractivity contribution in [2.75, 3.05) is 20.2 Å². The van der Waals surface area contributed by atoms with E-state index in [0.29, 0.717) is 18.1 Å². The second-order valence-electron chi connectivity index (χ2n) is 7.17. The number of nitrogens with one attached hydrogen (secondary N) is 3. The summed E-state index contributed by atoms with van der Waals surface area (Å²) in [5, 5.41) is 6.32. The lowest BCUT2D eigenvalue weighted by Gasteiger charge is -2.16. The number of guanidine groups is 1. The molecule has 0 fully saturated rings. The van der Waals surface area contributed by atoms with Crippen molar-refractivity contribution in [2.45, 2.75) is 32.5 Å². The molecule has 3 rings (SSSR count). The lowest BCUT2D eigenvalue weighted by Crippen LogP contribution is -2.37. The summed E-state index contributed by atoms with van der Waals surface area (Å²) in [6.45, 7) is 1.44. The van der Waals surface area contributed by atoms with Gasteiger partial charge in [0, 0.05) is 32.1 Å². The van der Waals surface area contributed by atoms with Crippen molar-refractivity contribution in [3.8, 4) is 5.75 Å². The maximum Gasteiger partial charge on any atom is 0.422 e. The zero-order chi connectivity index (χ0) is 22.3. The minimum Gasteiger partial charge on any atom is -0.484 e. The molecule has 0 atom stereocenters. The number of imidazole rings is 1. The monoisotopic (exact) mass is 561 g/mol. The maximum atomic E-state index is 12.5. The maximum absolute atomic E-state index is 12.5. The number of hydrogen-bond acceptors (Lipinski definition) is 3. The highest BCUT2D eigenvalue weighted by Gasteiger charge is 2.28. The number of rotatable bonds is 8. The number of ether oxygens (including phenoxy) is 1. The Labute approximate surface area is 202 Å². The fourth-order valence-electron chi connectivity index (χ4n) is 3.09. The molecule has 0 aliphatic rings. The molecule has 0 radical (unpaired) electrons. The van der Waals surface area contributed by atoms with Crippen LogP contribution >= 0.6 is 24.0 Å². The predicted molar refractivity (Wildman–Crippen MR) is 131 cm³/mol. The number of aryl methyl sites for hydroxylation is 2. The third-order valence-corrected chi connectivity index (χ3v) is 4.61. The molecule has 1 heterocycles. The number of nitrogens with zero attached hydrogens (tertiary/aromatic N) is 2. The molecular formula is C22H27F3IN5O. The Balaban J connectivity index is 0.00000363. The summed E-state index contributed by atoms with van der Waals surface area (Å²) >= 11 is 0. The fraction of sp³-hybridized carbons (Fsp3) is 0.364. The van der Waals surface area contributed by atoms with Gasteiger partial charge in [-0.05, 0) is 37.1 Å². The molecule has 0 saturated carbocycles. The van der Waals surface area contributed by atoms with Crippen molar-refractivity contribution in [2.24, 2.45) is 4.99 Å². The average molecular weight is 561 g/mol. The van der Waals surface area contributed by atoms with Gasteiger partial charge in [-0.2, -0.15) is 13.2 Å². The first-order valence-corrected chi connectivity index (χ1v) is 10.0. The molecular weight excluding hydrogens is 534 g/mol. The zero-order valence-corrected chi connectivity index (χ0v) is 20.3. The van der Waals surface area contributed by atoms with Crippen LogP contribution in [0.1, 0.15) is 23.4 Å². The summed E-state index contributed by atoms with van der Waals surface area (Å²) in [6.07, 6.45) is -2.76. The van der Waals surface area contributed by atoms with Gasteiger partial charge in [0.05, 0.1) is 11.0 Å². The van der Waals surface area contributed by atoms with E-state index in [1.165, 1.54) is 0 Å². The van der Waals surface area contributed by atoms with Gasteiger partial charge in [-0.25, -0.2) is 4.98 Å². The summed E-state index contributed by atoms with van der Waals surface area (Å²) < 4.78 is 42.6. The van der Waals surface area contributed by atoms with Gasteiger partial charge in [0.15, 0.2) is 12.6 Å². The Morgan fingerprint density at radius 3 is 2.66 bits per heavy atom. The number of alkyl halides is 3. The van der Waals surface area contributed by atoms with Gasteiger partial charge in [-0.1, -0.05) is 24.3 Å². The van der Waals surface area contributed by atoms with E-state index in [9.17, 15) is 13.2 Å². The number of aromatic amines is 1. The van der Waals surface area contributed by atoms with Crippen LogP contribution in [0.4, 0.5) is 13.2 Å². The highest BCUT2D eigenvalue weighted by molar-refractivity contribution is 14.0. The van der Waals surface area contributed by atoms with Gasteiger partial charge in [-0.3, -0.25) is 4.99 Å². The molecule has 1 aromatic heterocycles. The second-order valence-corrected chi connectivity index (χ2v) is 7.17. The number of para-hydroxylation sites is 2. The minimum absolute atomic E-state index is 0. The van der Waals surface area contributed by atoms with Crippen LogP contribution in [0.5, 0.6) is 5.75 Å². The number of fused-ring (bicyclic) bond motifs is 1. The van der Waals surface area contributed by atoms with Gasteiger partial charge < -0.3 is 20.4 Å². The van der Waals surface area contributed by atoms with Crippen molar-refractivity contribution < 1.29 is 17.9 Å².